The molecule has 2 heterocycles. The predicted octanol–water partition coefficient (Wildman–Crippen LogP) is 4.55. The van der Waals surface area contributed by atoms with E-state index >= 15 is 0 Å². The number of carbonyl (C=O) groups is 3. The summed E-state index contributed by atoms with van der Waals surface area (Å²) in [6.45, 7) is 4.23. The van der Waals surface area contributed by atoms with Crippen LogP contribution in [-0.2, 0) is 32.0 Å². The summed E-state index contributed by atoms with van der Waals surface area (Å²) >= 11 is 0. The van der Waals surface area contributed by atoms with Gasteiger partial charge in [0.25, 0.3) is 0 Å². The predicted molar refractivity (Wildman–Crippen MR) is 149 cm³/mol. The third kappa shape index (κ3) is 6.62. The van der Waals surface area contributed by atoms with Gasteiger partial charge in [0.2, 0.25) is 11.8 Å². The zero-order chi connectivity index (χ0) is 26.9. The molecule has 2 atom stereocenters. The van der Waals surface area contributed by atoms with E-state index in [1.807, 2.05) is 74.8 Å². The number of hydrogen-bond acceptors (Lipinski definition) is 4. The largest absolute Gasteiger partial charge is 0.464 e. The molecule has 0 aliphatic heterocycles. The zero-order valence-electron chi connectivity index (χ0n) is 22.0. The summed E-state index contributed by atoms with van der Waals surface area (Å²) in [5.41, 5.74) is 3.73. The molecule has 0 fully saturated rings. The molecule has 4 aromatic rings. The van der Waals surface area contributed by atoms with Crippen LogP contribution in [-0.4, -0.2) is 46.4 Å². The maximum atomic E-state index is 13.6. The van der Waals surface area contributed by atoms with Crippen LogP contribution in [0, 0.1) is 0 Å². The molecule has 0 aliphatic carbocycles. The molecule has 2 aromatic carbocycles. The fourth-order valence-electron chi connectivity index (χ4n) is 4.63. The summed E-state index contributed by atoms with van der Waals surface area (Å²) in [7, 11) is 0. The number of hydrogen-bond donors (Lipinski definition) is 4. The molecule has 0 saturated heterocycles. The van der Waals surface area contributed by atoms with E-state index in [1.54, 1.807) is 0 Å². The van der Waals surface area contributed by atoms with Crippen molar-refractivity contribution in [3.05, 3.63) is 72.1 Å². The van der Waals surface area contributed by atoms with Gasteiger partial charge in [-0.15, -0.1) is 0 Å². The second-order valence-electron chi connectivity index (χ2n) is 9.58. The Balaban J connectivity index is 1.57. The van der Waals surface area contributed by atoms with Gasteiger partial charge >= 0.3 is 5.97 Å². The maximum Gasteiger partial charge on any atom is 0.328 e. The number of rotatable bonds is 13. The standard InChI is InChI=1S/C30H36N4O4/c1-3-5-15-38-30(37)27(17-21-19-32-25-14-9-7-12-23(21)25)34-29(36)26(33-28(35)10-4-2)16-20-18-31-24-13-8-6-11-22(20)24/h6-9,11-14,18-19,26-27,31-32H,3-5,10,15-17H2,1-2H3,(H,33,35)(H,34,36)/t26-,27-/m0/s1. The molecule has 8 heteroatoms. The lowest BCUT2D eigenvalue weighted by Gasteiger charge is -2.23. The van der Waals surface area contributed by atoms with E-state index in [4.69, 9.17) is 4.74 Å². The number of fused-ring (bicyclic) bond motifs is 2. The van der Waals surface area contributed by atoms with Crippen LogP contribution in [0.5, 0.6) is 0 Å². The normalized spacial score (nSPS) is 12.8. The Morgan fingerprint density at radius 2 is 1.37 bits per heavy atom. The average Bonchev–Trinajstić information content (AvgIpc) is 3.52. The molecule has 4 rings (SSSR count). The van der Waals surface area contributed by atoms with Gasteiger partial charge in [0.15, 0.2) is 0 Å². The molecule has 8 nitrogen and oxygen atoms in total. The van der Waals surface area contributed by atoms with Crippen molar-refractivity contribution in [2.75, 3.05) is 6.61 Å². The molecular formula is C30H36N4O4. The van der Waals surface area contributed by atoms with Gasteiger partial charge in [-0.25, -0.2) is 4.79 Å². The lowest BCUT2D eigenvalue weighted by atomic mass is 10.0. The number of carbonyl (C=O) groups excluding carboxylic acids is 3. The van der Waals surface area contributed by atoms with Crippen LogP contribution in [0.25, 0.3) is 21.8 Å². The van der Waals surface area contributed by atoms with Gasteiger partial charge in [0.05, 0.1) is 6.61 Å². The number of nitrogens with one attached hydrogen (secondary N) is 4. The number of aromatic amines is 2. The van der Waals surface area contributed by atoms with Crippen molar-refractivity contribution < 1.29 is 19.1 Å². The van der Waals surface area contributed by atoms with Crippen molar-refractivity contribution in [2.45, 2.75) is 64.5 Å². The number of unbranched alkanes of at least 4 members (excludes halogenated alkanes) is 1. The second-order valence-corrected chi connectivity index (χ2v) is 9.58. The van der Waals surface area contributed by atoms with Crippen molar-refractivity contribution in [3.8, 4) is 0 Å². The van der Waals surface area contributed by atoms with E-state index in [9.17, 15) is 14.4 Å². The van der Waals surface area contributed by atoms with E-state index in [0.717, 1.165) is 45.8 Å². The van der Waals surface area contributed by atoms with Crippen molar-refractivity contribution >= 4 is 39.6 Å². The lowest BCUT2D eigenvalue weighted by Crippen LogP contribution is -2.53. The Bertz CT molecular complexity index is 1390. The molecule has 0 spiro atoms. The first-order valence-corrected chi connectivity index (χ1v) is 13.4. The van der Waals surface area contributed by atoms with Crippen LogP contribution in [0.2, 0.25) is 0 Å². The molecule has 38 heavy (non-hydrogen) atoms. The Labute approximate surface area is 222 Å². The third-order valence-electron chi connectivity index (χ3n) is 6.67. The Morgan fingerprint density at radius 3 is 1.95 bits per heavy atom. The van der Waals surface area contributed by atoms with Crippen LogP contribution in [0.3, 0.4) is 0 Å². The fraction of sp³-hybridized carbons (Fsp3) is 0.367. The highest BCUT2D eigenvalue weighted by Crippen LogP contribution is 2.21. The monoisotopic (exact) mass is 516 g/mol. The molecule has 0 saturated carbocycles. The van der Waals surface area contributed by atoms with Crippen LogP contribution in [0.4, 0.5) is 0 Å². The van der Waals surface area contributed by atoms with Crippen molar-refractivity contribution in [1.82, 2.24) is 20.6 Å². The van der Waals surface area contributed by atoms with Gasteiger partial charge < -0.3 is 25.3 Å². The number of amides is 2. The summed E-state index contributed by atoms with van der Waals surface area (Å²) < 4.78 is 5.51. The van der Waals surface area contributed by atoms with Crippen molar-refractivity contribution in [1.29, 1.82) is 0 Å². The number of ether oxygens (including phenoxy) is 1. The highest BCUT2D eigenvalue weighted by molar-refractivity contribution is 5.92. The highest BCUT2D eigenvalue weighted by Gasteiger charge is 2.29. The van der Waals surface area contributed by atoms with E-state index in [-0.39, 0.29) is 18.7 Å². The molecule has 2 amide bonds. The van der Waals surface area contributed by atoms with Gasteiger partial charge in [-0.3, -0.25) is 9.59 Å². The molecule has 2 aromatic heterocycles. The van der Waals surface area contributed by atoms with Gasteiger partial charge in [0, 0.05) is 53.5 Å². The fourth-order valence-corrected chi connectivity index (χ4v) is 4.63. The molecule has 4 N–H and O–H groups in total. The summed E-state index contributed by atoms with van der Waals surface area (Å²) in [6, 6.07) is 13.9. The van der Waals surface area contributed by atoms with Crippen LogP contribution in [0.15, 0.2) is 60.9 Å². The van der Waals surface area contributed by atoms with Crippen molar-refractivity contribution in [2.24, 2.45) is 0 Å². The first-order valence-electron chi connectivity index (χ1n) is 13.4. The summed E-state index contributed by atoms with van der Waals surface area (Å²) in [5.74, 6) is -1.11. The van der Waals surface area contributed by atoms with Gasteiger partial charge in [-0.2, -0.15) is 0 Å². The smallest absolute Gasteiger partial charge is 0.328 e. The zero-order valence-corrected chi connectivity index (χ0v) is 22.0. The highest BCUT2D eigenvalue weighted by atomic mass is 16.5. The van der Waals surface area contributed by atoms with Gasteiger partial charge in [0.1, 0.15) is 12.1 Å². The molecule has 0 aliphatic rings. The quantitative estimate of drug-likeness (QED) is 0.154. The van der Waals surface area contributed by atoms with Crippen LogP contribution >= 0.6 is 0 Å². The SMILES string of the molecule is CCCCOC(=O)[C@H](Cc1c[nH]c2ccccc12)NC(=O)[C@H](Cc1c[nH]c2ccccc12)NC(=O)CCC. The average molecular weight is 517 g/mol. The van der Waals surface area contributed by atoms with E-state index < -0.39 is 24.0 Å². The topological polar surface area (TPSA) is 116 Å². The molecule has 0 bridgehead atoms. The maximum absolute atomic E-state index is 13.6. The minimum absolute atomic E-state index is 0.203. The lowest BCUT2D eigenvalue weighted by molar-refractivity contribution is -0.148. The first kappa shape index (κ1) is 27.0. The number of benzene rings is 2. The summed E-state index contributed by atoms with van der Waals surface area (Å²) in [5, 5.41) is 7.76. The van der Waals surface area contributed by atoms with Gasteiger partial charge in [-0.1, -0.05) is 56.7 Å². The minimum Gasteiger partial charge on any atom is -0.464 e. The first-order chi connectivity index (χ1) is 18.5. The van der Waals surface area contributed by atoms with Crippen molar-refractivity contribution in [3.63, 3.8) is 0 Å². The second kappa shape index (κ2) is 12.9. The molecule has 0 radical (unpaired) electrons. The third-order valence-corrected chi connectivity index (χ3v) is 6.67. The van der Waals surface area contributed by atoms with Gasteiger partial charge in [-0.05, 0) is 36.1 Å². The number of esters is 1. The molecular weight excluding hydrogens is 480 g/mol. The number of H-pyrrole nitrogens is 2. The number of aromatic nitrogens is 2. The van der Waals surface area contributed by atoms with E-state index in [0.29, 0.717) is 19.4 Å². The summed E-state index contributed by atoms with van der Waals surface area (Å²) in [6.07, 6.45) is 6.89. The van der Waals surface area contributed by atoms with Crippen LogP contribution in [0.1, 0.15) is 50.7 Å². The van der Waals surface area contributed by atoms with Crippen LogP contribution < -0.4 is 10.6 Å². The molecule has 200 valence electrons. The minimum atomic E-state index is -0.896. The van der Waals surface area contributed by atoms with E-state index in [2.05, 4.69) is 20.6 Å². The van der Waals surface area contributed by atoms with E-state index in [1.165, 1.54) is 0 Å². The Kier molecular flexibility index (Phi) is 9.19. The number of para-hydroxylation sites is 2. The summed E-state index contributed by atoms with van der Waals surface area (Å²) in [4.78, 5) is 45.7. The Morgan fingerprint density at radius 1 is 0.789 bits per heavy atom. The molecule has 0 unspecified atom stereocenters. The Hall–Kier alpha value is -4.07.